The third-order valence-corrected chi connectivity index (χ3v) is 3.25. The maximum atomic E-state index is 11.9. The van der Waals surface area contributed by atoms with Gasteiger partial charge in [-0.15, -0.1) is 0 Å². The molecule has 6 nitrogen and oxygen atoms in total. The Hall–Kier alpha value is -1.92. The van der Waals surface area contributed by atoms with Gasteiger partial charge in [0.1, 0.15) is 6.04 Å². The van der Waals surface area contributed by atoms with Gasteiger partial charge in [0.05, 0.1) is 6.42 Å². The molecule has 0 unspecified atom stereocenters. The number of nitrogens with one attached hydrogen (secondary N) is 2. The first-order valence-electron chi connectivity index (χ1n) is 6.97. The van der Waals surface area contributed by atoms with Gasteiger partial charge in [-0.05, 0) is 56.6 Å². The summed E-state index contributed by atoms with van der Waals surface area (Å²) in [5, 5.41) is 14.6. The molecule has 0 spiro atoms. The monoisotopic (exact) mass is 293 g/mol. The normalized spacial score (nSPS) is 12.0. The minimum Gasteiger partial charge on any atom is -0.480 e. The van der Waals surface area contributed by atoms with E-state index in [0.717, 1.165) is 11.1 Å². The van der Waals surface area contributed by atoms with Gasteiger partial charge in [0.25, 0.3) is 0 Å². The van der Waals surface area contributed by atoms with E-state index < -0.39 is 12.0 Å². The lowest BCUT2D eigenvalue weighted by atomic mass is 10.1. The molecule has 21 heavy (non-hydrogen) atoms. The van der Waals surface area contributed by atoms with E-state index in [-0.39, 0.29) is 12.3 Å². The Bertz CT molecular complexity index is 503. The summed E-state index contributed by atoms with van der Waals surface area (Å²) < 4.78 is 0. The van der Waals surface area contributed by atoms with Gasteiger partial charge in [-0.1, -0.05) is 6.07 Å². The number of carboxylic acid groups (broad SMARTS) is 1. The smallest absolute Gasteiger partial charge is 0.321 e. The number of anilines is 1. The summed E-state index contributed by atoms with van der Waals surface area (Å²) in [4.78, 5) is 23.0. The number of amides is 1. The van der Waals surface area contributed by atoms with Crippen molar-refractivity contribution < 1.29 is 14.7 Å². The molecule has 0 saturated heterocycles. The van der Waals surface area contributed by atoms with E-state index >= 15 is 0 Å². The van der Waals surface area contributed by atoms with Crippen LogP contribution in [-0.2, 0) is 9.59 Å². The summed E-state index contributed by atoms with van der Waals surface area (Å²) in [6, 6.07) is 4.69. The van der Waals surface area contributed by atoms with E-state index in [4.69, 9.17) is 10.8 Å². The number of aliphatic carboxylic acids is 1. The Morgan fingerprint density at radius 2 is 2.00 bits per heavy atom. The molecule has 0 saturated carbocycles. The Morgan fingerprint density at radius 1 is 1.29 bits per heavy atom. The fourth-order valence-electron chi connectivity index (χ4n) is 1.84. The van der Waals surface area contributed by atoms with Gasteiger partial charge < -0.3 is 21.5 Å². The molecule has 1 aromatic rings. The second kappa shape index (κ2) is 8.39. The van der Waals surface area contributed by atoms with E-state index in [2.05, 4.69) is 10.6 Å². The van der Waals surface area contributed by atoms with Crippen molar-refractivity contribution in [1.82, 2.24) is 5.32 Å². The third-order valence-electron chi connectivity index (χ3n) is 3.25. The molecule has 0 heterocycles. The van der Waals surface area contributed by atoms with Gasteiger partial charge in [-0.25, -0.2) is 0 Å². The topological polar surface area (TPSA) is 104 Å². The van der Waals surface area contributed by atoms with E-state index in [1.165, 1.54) is 0 Å². The zero-order chi connectivity index (χ0) is 15.8. The lowest BCUT2D eigenvalue weighted by Crippen LogP contribution is -2.40. The summed E-state index contributed by atoms with van der Waals surface area (Å²) in [5.41, 5.74) is 8.24. The van der Waals surface area contributed by atoms with Crippen molar-refractivity contribution in [3.8, 4) is 0 Å². The number of hydrogen-bond acceptors (Lipinski definition) is 4. The zero-order valence-corrected chi connectivity index (χ0v) is 12.5. The van der Waals surface area contributed by atoms with Crippen LogP contribution >= 0.6 is 0 Å². The minimum atomic E-state index is -1.04. The molecule has 0 aliphatic carbocycles. The SMILES string of the molecule is Cc1ccc(NC(=O)C[C@H](NCCCN)C(=O)O)cc1C. The summed E-state index contributed by atoms with van der Waals surface area (Å²) in [5.74, 6) is -1.37. The fraction of sp³-hybridized carbons (Fsp3) is 0.467. The maximum absolute atomic E-state index is 11.9. The first-order chi connectivity index (χ1) is 9.93. The predicted molar refractivity (Wildman–Crippen MR) is 82.3 cm³/mol. The Morgan fingerprint density at radius 3 is 2.57 bits per heavy atom. The Labute approximate surface area is 124 Å². The van der Waals surface area contributed by atoms with Crippen LogP contribution in [0.4, 0.5) is 5.69 Å². The molecule has 0 aliphatic rings. The van der Waals surface area contributed by atoms with Crippen molar-refractivity contribution in [3.63, 3.8) is 0 Å². The number of hydrogen-bond donors (Lipinski definition) is 4. The van der Waals surface area contributed by atoms with Crippen molar-refractivity contribution in [2.75, 3.05) is 18.4 Å². The molecule has 0 radical (unpaired) electrons. The van der Waals surface area contributed by atoms with Gasteiger partial charge in [0.2, 0.25) is 5.91 Å². The number of benzene rings is 1. The lowest BCUT2D eigenvalue weighted by molar-refractivity contribution is -0.141. The summed E-state index contributed by atoms with van der Waals surface area (Å²) >= 11 is 0. The van der Waals surface area contributed by atoms with Gasteiger partial charge in [0, 0.05) is 5.69 Å². The summed E-state index contributed by atoms with van der Waals surface area (Å²) in [6.07, 6.45) is 0.551. The van der Waals surface area contributed by atoms with Gasteiger partial charge in [0.15, 0.2) is 0 Å². The summed E-state index contributed by atoms with van der Waals surface area (Å²) in [6.45, 7) is 4.90. The second-order valence-electron chi connectivity index (χ2n) is 5.04. The minimum absolute atomic E-state index is 0.118. The van der Waals surface area contributed by atoms with Crippen molar-refractivity contribution in [2.24, 2.45) is 5.73 Å². The van der Waals surface area contributed by atoms with Crippen LogP contribution in [0.15, 0.2) is 18.2 Å². The molecule has 6 heteroatoms. The van der Waals surface area contributed by atoms with Crippen LogP contribution in [0.3, 0.4) is 0 Å². The largest absolute Gasteiger partial charge is 0.480 e. The van der Waals surface area contributed by atoms with Crippen LogP contribution in [0.2, 0.25) is 0 Å². The van der Waals surface area contributed by atoms with Crippen LogP contribution in [0.25, 0.3) is 0 Å². The number of rotatable bonds is 8. The van der Waals surface area contributed by atoms with Crippen LogP contribution in [-0.4, -0.2) is 36.1 Å². The molecule has 5 N–H and O–H groups in total. The summed E-state index contributed by atoms with van der Waals surface area (Å²) in [7, 11) is 0. The maximum Gasteiger partial charge on any atom is 0.321 e. The number of carbonyl (C=O) groups excluding carboxylic acids is 1. The highest BCUT2D eigenvalue weighted by Gasteiger charge is 2.20. The van der Waals surface area contributed by atoms with E-state index in [0.29, 0.717) is 25.2 Å². The molecule has 0 aromatic heterocycles. The van der Waals surface area contributed by atoms with Gasteiger partial charge in [-0.2, -0.15) is 0 Å². The molecular formula is C15H23N3O3. The van der Waals surface area contributed by atoms with E-state index in [1.54, 1.807) is 6.07 Å². The highest BCUT2D eigenvalue weighted by molar-refractivity contribution is 5.94. The van der Waals surface area contributed by atoms with Crippen molar-refractivity contribution in [2.45, 2.75) is 32.7 Å². The van der Waals surface area contributed by atoms with Crippen LogP contribution in [0.1, 0.15) is 24.0 Å². The van der Waals surface area contributed by atoms with Gasteiger partial charge >= 0.3 is 5.97 Å². The molecule has 116 valence electrons. The number of nitrogens with two attached hydrogens (primary N) is 1. The van der Waals surface area contributed by atoms with Gasteiger partial charge in [-0.3, -0.25) is 9.59 Å². The standard InChI is InChI=1S/C15H23N3O3/c1-10-4-5-12(8-11(10)2)18-14(19)9-13(15(20)21)17-7-3-6-16/h4-5,8,13,17H,3,6-7,9,16H2,1-2H3,(H,18,19)(H,20,21)/t13-/m0/s1. The second-order valence-corrected chi connectivity index (χ2v) is 5.04. The Balaban J connectivity index is 2.56. The molecular weight excluding hydrogens is 270 g/mol. The molecule has 1 rings (SSSR count). The average molecular weight is 293 g/mol. The Kier molecular flexibility index (Phi) is 6.84. The van der Waals surface area contributed by atoms with Crippen LogP contribution in [0.5, 0.6) is 0 Å². The van der Waals surface area contributed by atoms with E-state index in [1.807, 2.05) is 26.0 Å². The van der Waals surface area contributed by atoms with Crippen molar-refractivity contribution in [3.05, 3.63) is 29.3 Å². The van der Waals surface area contributed by atoms with Crippen LogP contribution < -0.4 is 16.4 Å². The molecule has 1 amide bonds. The lowest BCUT2D eigenvalue weighted by Gasteiger charge is -2.14. The highest BCUT2D eigenvalue weighted by Crippen LogP contribution is 2.14. The van der Waals surface area contributed by atoms with E-state index in [9.17, 15) is 9.59 Å². The molecule has 0 bridgehead atoms. The van der Waals surface area contributed by atoms with Crippen LogP contribution in [0, 0.1) is 13.8 Å². The molecule has 0 aliphatic heterocycles. The predicted octanol–water partition coefficient (Wildman–Crippen LogP) is 1.02. The molecule has 1 aromatic carbocycles. The fourth-order valence-corrected chi connectivity index (χ4v) is 1.84. The van der Waals surface area contributed by atoms with Crippen molar-refractivity contribution in [1.29, 1.82) is 0 Å². The molecule has 0 fully saturated rings. The zero-order valence-electron chi connectivity index (χ0n) is 12.5. The highest BCUT2D eigenvalue weighted by atomic mass is 16.4. The number of carbonyl (C=O) groups is 2. The first-order valence-corrected chi connectivity index (χ1v) is 6.97. The molecule has 1 atom stereocenters. The average Bonchev–Trinajstić information content (AvgIpc) is 2.42. The van der Waals surface area contributed by atoms with Crippen molar-refractivity contribution >= 4 is 17.6 Å². The first kappa shape index (κ1) is 17.1. The number of aryl methyl sites for hydroxylation is 2. The quantitative estimate of drug-likeness (QED) is 0.536. The third kappa shape index (κ3) is 5.93. The number of carboxylic acids is 1.